The van der Waals surface area contributed by atoms with Crippen LogP contribution in [0.3, 0.4) is 0 Å². The summed E-state index contributed by atoms with van der Waals surface area (Å²) < 4.78 is 0. The second kappa shape index (κ2) is 8.00. The standard InChI is InChI=1S/C25H32N6/c1-15(2)24-20-11-19(5-6-22(20)29-25(24)21-12-28-30-16(21)3)18-7-9-31(10-8-18)13-23-17(4)26-14-27-23/h5-6,11-12,14-15,18,29H,7-10,13H2,1-4H3,(H,26,27)(H,28,30). The summed E-state index contributed by atoms with van der Waals surface area (Å²) in [7, 11) is 0. The Morgan fingerprint density at radius 1 is 1.13 bits per heavy atom. The molecular weight excluding hydrogens is 384 g/mol. The zero-order valence-electron chi connectivity index (χ0n) is 18.9. The molecule has 3 aromatic heterocycles. The van der Waals surface area contributed by atoms with Gasteiger partial charge in [-0.25, -0.2) is 4.98 Å². The van der Waals surface area contributed by atoms with Crippen molar-refractivity contribution in [1.82, 2.24) is 30.0 Å². The smallest absolute Gasteiger partial charge is 0.0925 e. The maximum atomic E-state index is 4.34. The van der Waals surface area contributed by atoms with E-state index in [2.05, 4.69) is 75.9 Å². The summed E-state index contributed by atoms with van der Waals surface area (Å²) in [5.74, 6) is 1.06. The topological polar surface area (TPSA) is 76.4 Å². The van der Waals surface area contributed by atoms with Crippen LogP contribution < -0.4 is 0 Å². The van der Waals surface area contributed by atoms with Gasteiger partial charge in [0.15, 0.2) is 0 Å². The van der Waals surface area contributed by atoms with Gasteiger partial charge in [-0.2, -0.15) is 5.10 Å². The van der Waals surface area contributed by atoms with Crippen LogP contribution in [0.2, 0.25) is 0 Å². The van der Waals surface area contributed by atoms with E-state index in [-0.39, 0.29) is 0 Å². The predicted octanol–water partition coefficient (Wildman–Crippen LogP) is 5.40. The zero-order chi connectivity index (χ0) is 21.5. The fraction of sp³-hybridized carbons (Fsp3) is 0.440. The number of benzene rings is 1. The third kappa shape index (κ3) is 3.69. The Morgan fingerprint density at radius 3 is 2.58 bits per heavy atom. The number of H-pyrrole nitrogens is 3. The number of nitrogens with zero attached hydrogens (tertiary/aromatic N) is 3. The Labute approximate surface area is 183 Å². The second-order valence-electron chi connectivity index (χ2n) is 9.27. The molecule has 5 rings (SSSR count). The van der Waals surface area contributed by atoms with Gasteiger partial charge in [0, 0.05) is 29.2 Å². The van der Waals surface area contributed by atoms with Crippen molar-refractivity contribution in [3.8, 4) is 11.3 Å². The Balaban J connectivity index is 1.39. The van der Waals surface area contributed by atoms with Gasteiger partial charge in [0.25, 0.3) is 0 Å². The van der Waals surface area contributed by atoms with Crippen LogP contribution in [0.5, 0.6) is 0 Å². The number of nitrogens with one attached hydrogen (secondary N) is 3. The van der Waals surface area contributed by atoms with E-state index < -0.39 is 0 Å². The van der Waals surface area contributed by atoms with Crippen LogP contribution in [0.4, 0.5) is 0 Å². The molecule has 1 saturated heterocycles. The van der Waals surface area contributed by atoms with Crippen molar-refractivity contribution in [2.24, 2.45) is 0 Å². The van der Waals surface area contributed by atoms with Gasteiger partial charge in [-0.15, -0.1) is 0 Å². The first kappa shape index (κ1) is 20.1. The third-order valence-electron chi connectivity index (χ3n) is 6.91. The number of fused-ring (bicyclic) bond motifs is 1. The van der Waals surface area contributed by atoms with Gasteiger partial charge in [-0.1, -0.05) is 19.9 Å². The highest BCUT2D eigenvalue weighted by atomic mass is 15.1. The summed E-state index contributed by atoms with van der Waals surface area (Å²) in [6, 6.07) is 7.05. The molecule has 0 bridgehead atoms. The maximum Gasteiger partial charge on any atom is 0.0925 e. The van der Waals surface area contributed by atoms with Gasteiger partial charge >= 0.3 is 0 Å². The van der Waals surface area contributed by atoms with Crippen LogP contribution in [0.25, 0.3) is 22.2 Å². The Bertz CT molecular complexity index is 1190. The number of likely N-dealkylation sites (tertiary alicyclic amines) is 1. The van der Waals surface area contributed by atoms with Crippen LogP contribution in [0, 0.1) is 13.8 Å². The van der Waals surface area contributed by atoms with Gasteiger partial charge in [-0.3, -0.25) is 10.00 Å². The van der Waals surface area contributed by atoms with Crippen molar-refractivity contribution in [2.45, 2.75) is 58.9 Å². The lowest BCUT2D eigenvalue weighted by Crippen LogP contribution is -2.32. The average molecular weight is 417 g/mol. The molecule has 162 valence electrons. The largest absolute Gasteiger partial charge is 0.354 e. The highest BCUT2D eigenvalue weighted by Gasteiger charge is 2.24. The molecule has 31 heavy (non-hydrogen) atoms. The third-order valence-corrected chi connectivity index (χ3v) is 6.91. The Hall–Kier alpha value is -2.86. The molecule has 6 nitrogen and oxygen atoms in total. The van der Waals surface area contributed by atoms with Gasteiger partial charge in [0.2, 0.25) is 0 Å². The molecule has 1 aromatic carbocycles. The molecule has 0 radical (unpaired) electrons. The quantitative estimate of drug-likeness (QED) is 0.408. The van der Waals surface area contributed by atoms with Crippen LogP contribution in [-0.2, 0) is 6.54 Å². The van der Waals surface area contributed by atoms with Crippen LogP contribution in [0.1, 0.15) is 66.7 Å². The first-order valence-corrected chi connectivity index (χ1v) is 11.4. The monoisotopic (exact) mass is 416 g/mol. The molecular formula is C25H32N6. The number of rotatable bonds is 5. The lowest BCUT2D eigenvalue weighted by atomic mass is 9.87. The second-order valence-corrected chi connectivity index (χ2v) is 9.27. The van der Waals surface area contributed by atoms with Gasteiger partial charge in [0.05, 0.1) is 29.1 Å². The molecule has 0 atom stereocenters. The molecule has 0 aliphatic carbocycles. The molecule has 1 fully saturated rings. The molecule has 0 unspecified atom stereocenters. The summed E-state index contributed by atoms with van der Waals surface area (Å²) in [4.78, 5) is 13.8. The number of imidazole rings is 1. The average Bonchev–Trinajstić information content (AvgIpc) is 3.46. The fourth-order valence-electron chi connectivity index (χ4n) is 5.11. The molecule has 3 N–H and O–H groups in total. The normalized spacial score (nSPS) is 16.0. The Morgan fingerprint density at radius 2 is 1.94 bits per heavy atom. The van der Waals surface area contributed by atoms with Crippen molar-refractivity contribution >= 4 is 10.9 Å². The van der Waals surface area contributed by atoms with Crippen molar-refractivity contribution in [2.75, 3.05) is 13.1 Å². The molecule has 6 heteroatoms. The van der Waals surface area contributed by atoms with E-state index in [1.54, 1.807) is 6.33 Å². The minimum absolute atomic E-state index is 0.438. The minimum atomic E-state index is 0.438. The summed E-state index contributed by atoms with van der Waals surface area (Å²) in [6.07, 6.45) is 6.21. The molecule has 0 spiro atoms. The number of aromatic nitrogens is 5. The number of hydrogen-bond acceptors (Lipinski definition) is 3. The van der Waals surface area contributed by atoms with E-state index in [9.17, 15) is 0 Å². The zero-order valence-corrected chi connectivity index (χ0v) is 18.9. The predicted molar refractivity (Wildman–Crippen MR) is 125 cm³/mol. The van der Waals surface area contributed by atoms with Crippen LogP contribution >= 0.6 is 0 Å². The van der Waals surface area contributed by atoms with Crippen molar-refractivity contribution < 1.29 is 0 Å². The molecule has 4 aromatic rings. The van der Waals surface area contributed by atoms with Crippen molar-refractivity contribution in [1.29, 1.82) is 0 Å². The van der Waals surface area contributed by atoms with E-state index in [0.29, 0.717) is 11.8 Å². The summed E-state index contributed by atoms with van der Waals surface area (Å²) in [6.45, 7) is 11.9. The maximum absolute atomic E-state index is 4.34. The highest BCUT2D eigenvalue weighted by molar-refractivity contribution is 5.92. The molecule has 0 saturated carbocycles. The number of aryl methyl sites for hydroxylation is 2. The van der Waals surface area contributed by atoms with Gasteiger partial charge in [-0.05, 0) is 74.9 Å². The lowest BCUT2D eigenvalue weighted by Gasteiger charge is -2.32. The number of aromatic amines is 3. The van der Waals surface area contributed by atoms with Crippen molar-refractivity contribution in [3.05, 3.63) is 58.9 Å². The van der Waals surface area contributed by atoms with Gasteiger partial charge in [0.1, 0.15) is 0 Å². The van der Waals surface area contributed by atoms with E-state index in [0.717, 1.165) is 31.0 Å². The first-order valence-electron chi connectivity index (χ1n) is 11.4. The SMILES string of the molecule is Cc1n[nH]cc1-c1[nH]c2ccc(C3CCN(Cc4[nH]cnc4C)CC3)cc2c1C(C)C. The van der Waals surface area contributed by atoms with E-state index in [1.807, 2.05) is 6.20 Å². The Kier molecular flexibility index (Phi) is 5.18. The van der Waals surface area contributed by atoms with E-state index in [1.165, 1.54) is 51.8 Å². The van der Waals surface area contributed by atoms with E-state index >= 15 is 0 Å². The number of piperidine rings is 1. The minimum Gasteiger partial charge on any atom is -0.354 e. The highest BCUT2D eigenvalue weighted by Crippen LogP contribution is 2.38. The fourth-order valence-corrected chi connectivity index (χ4v) is 5.11. The molecule has 4 heterocycles. The van der Waals surface area contributed by atoms with Gasteiger partial charge < -0.3 is 9.97 Å². The molecule has 1 aliphatic rings. The first-order chi connectivity index (χ1) is 15.0. The molecule has 0 amide bonds. The lowest BCUT2D eigenvalue weighted by molar-refractivity contribution is 0.202. The van der Waals surface area contributed by atoms with Crippen LogP contribution in [-0.4, -0.2) is 43.1 Å². The summed E-state index contributed by atoms with van der Waals surface area (Å²) in [5, 5.41) is 8.71. The summed E-state index contributed by atoms with van der Waals surface area (Å²) >= 11 is 0. The van der Waals surface area contributed by atoms with Crippen molar-refractivity contribution in [3.63, 3.8) is 0 Å². The summed E-state index contributed by atoms with van der Waals surface area (Å²) in [5.41, 5.74) is 9.86. The van der Waals surface area contributed by atoms with E-state index in [4.69, 9.17) is 0 Å². The molecule has 1 aliphatic heterocycles. The number of hydrogen-bond donors (Lipinski definition) is 3. The van der Waals surface area contributed by atoms with Crippen LogP contribution in [0.15, 0.2) is 30.7 Å².